The van der Waals surface area contributed by atoms with E-state index in [0.717, 1.165) is 21.3 Å². The van der Waals surface area contributed by atoms with Gasteiger partial charge >= 0.3 is 0 Å². The van der Waals surface area contributed by atoms with E-state index in [4.69, 9.17) is 32.7 Å². The normalized spacial score (nSPS) is 12.1. The Morgan fingerprint density at radius 1 is 1.26 bits per heavy atom. The molecule has 2 aromatic carbocycles. The van der Waals surface area contributed by atoms with Gasteiger partial charge < -0.3 is 14.6 Å². The van der Waals surface area contributed by atoms with E-state index in [0.29, 0.717) is 32.9 Å². The first-order chi connectivity index (χ1) is 12.9. The number of benzene rings is 2. The second-order valence-corrected chi connectivity index (χ2v) is 7.66. The van der Waals surface area contributed by atoms with E-state index in [-0.39, 0.29) is 12.4 Å². The van der Waals surface area contributed by atoms with Crippen molar-refractivity contribution in [2.24, 2.45) is 0 Å². The zero-order valence-corrected chi connectivity index (χ0v) is 17.2. The summed E-state index contributed by atoms with van der Waals surface area (Å²) in [4.78, 5) is 0. The Morgan fingerprint density at radius 3 is 2.59 bits per heavy atom. The summed E-state index contributed by atoms with van der Waals surface area (Å²) in [5.74, 6) is 1.16. The average Bonchev–Trinajstić information content (AvgIpc) is 3.00. The molecule has 8 heteroatoms. The summed E-state index contributed by atoms with van der Waals surface area (Å²) in [6, 6.07) is 8.84. The third-order valence-electron chi connectivity index (χ3n) is 4.23. The van der Waals surface area contributed by atoms with Crippen molar-refractivity contribution < 1.29 is 14.6 Å². The highest BCUT2D eigenvalue weighted by Gasteiger charge is 2.29. The van der Waals surface area contributed by atoms with Crippen LogP contribution in [0.1, 0.15) is 11.3 Å². The third-order valence-corrected chi connectivity index (χ3v) is 5.29. The lowest BCUT2D eigenvalue weighted by Crippen LogP contribution is -2.09. The van der Waals surface area contributed by atoms with Crippen LogP contribution >= 0.6 is 39.1 Å². The molecule has 3 aromatic rings. The number of aliphatic hydroxyl groups is 1. The van der Waals surface area contributed by atoms with Crippen molar-refractivity contribution in [1.29, 1.82) is 0 Å². The highest BCUT2D eigenvalue weighted by Crippen LogP contribution is 2.45. The molecule has 0 bridgehead atoms. The van der Waals surface area contributed by atoms with Crippen molar-refractivity contribution in [2.45, 2.75) is 6.61 Å². The Bertz CT molecular complexity index is 1070. The van der Waals surface area contributed by atoms with Crippen LogP contribution in [-0.2, 0) is 6.61 Å². The fraction of sp³-hybridized carbons (Fsp3) is 0.105. The fourth-order valence-electron chi connectivity index (χ4n) is 3.09. The molecule has 5 nitrogen and oxygen atoms in total. The molecule has 1 aliphatic rings. The predicted molar refractivity (Wildman–Crippen MR) is 109 cm³/mol. The molecule has 138 valence electrons. The maximum atomic E-state index is 10.0. The summed E-state index contributed by atoms with van der Waals surface area (Å²) in [7, 11) is 1.59. The number of nitrogens with zero attached hydrogens (tertiary/aromatic N) is 2. The van der Waals surface area contributed by atoms with Crippen molar-refractivity contribution in [3.8, 4) is 28.4 Å². The summed E-state index contributed by atoms with van der Waals surface area (Å²) >= 11 is 15.9. The largest absolute Gasteiger partial charge is 0.506 e. The van der Waals surface area contributed by atoms with Crippen molar-refractivity contribution in [3.05, 3.63) is 62.7 Å². The molecule has 0 unspecified atom stereocenters. The van der Waals surface area contributed by atoms with Gasteiger partial charge in [0.1, 0.15) is 29.6 Å². The molecule has 0 saturated heterocycles. The lowest BCUT2D eigenvalue weighted by atomic mass is 10.0. The molecule has 4 rings (SSSR count). The molecule has 0 aliphatic carbocycles. The SMILES string of the molecule is C=C(O)c1nn(-c2cc(Cl)cc(Cl)c2)c2c1COc1cc(OC)c(Br)cc1-2. The number of hydrogen-bond donors (Lipinski definition) is 1. The number of fused-ring (bicyclic) bond motifs is 3. The van der Waals surface area contributed by atoms with Crippen LogP contribution in [0.25, 0.3) is 22.7 Å². The van der Waals surface area contributed by atoms with E-state index in [2.05, 4.69) is 27.6 Å². The number of methoxy groups -OCH3 is 1. The molecule has 2 heterocycles. The highest BCUT2D eigenvalue weighted by atomic mass is 79.9. The quantitative estimate of drug-likeness (QED) is 0.477. The number of rotatable bonds is 3. The van der Waals surface area contributed by atoms with Crippen molar-refractivity contribution >= 4 is 44.9 Å². The molecule has 1 aromatic heterocycles. The fourth-order valence-corrected chi connectivity index (χ4v) is 4.11. The molecule has 0 amide bonds. The molecular formula is C19H13BrCl2N2O3. The molecule has 0 atom stereocenters. The van der Waals surface area contributed by atoms with Crippen LogP contribution < -0.4 is 9.47 Å². The molecule has 27 heavy (non-hydrogen) atoms. The predicted octanol–water partition coefficient (Wildman–Crippen LogP) is 6.04. The molecule has 0 spiro atoms. The molecule has 1 aliphatic heterocycles. The third kappa shape index (κ3) is 3.08. The molecule has 0 fully saturated rings. The maximum absolute atomic E-state index is 10.0. The van der Waals surface area contributed by atoms with Gasteiger partial charge in [0.2, 0.25) is 0 Å². The van der Waals surface area contributed by atoms with Gasteiger partial charge in [-0.3, -0.25) is 0 Å². The van der Waals surface area contributed by atoms with Gasteiger partial charge in [0.25, 0.3) is 0 Å². The van der Waals surface area contributed by atoms with Crippen LogP contribution in [0.3, 0.4) is 0 Å². The van der Waals surface area contributed by atoms with E-state index < -0.39 is 0 Å². The first kappa shape index (κ1) is 18.2. The first-order valence-corrected chi connectivity index (χ1v) is 9.41. The van der Waals surface area contributed by atoms with Gasteiger partial charge in [-0.15, -0.1) is 0 Å². The second kappa shape index (κ2) is 6.78. The topological polar surface area (TPSA) is 56.5 Å². The molecule has 0 radical (unpaired) electrons. The van der Waals surface area contributed by atoms with Crippen LogP contribution in [0.2, 0.25) is 10.0 Å². The smallest absolute Gasteiger partial charge is 0.136 e. The minimum atomic E-state index is -0.141. The van der Waals surface area contributed by atoms with Gasteiger partial charge in [0.15, 0.2) is 0 Å². The molecule has 0 saturated carbocycles. The Kier molecular flexibility index (Phi) is 4.58. The van der Waals surface area contributed by atoms with Gasteiger partial charge in [-0.2, -0.15) is 5.10 Å². The molecule has 1 N–H and O–H groups in total. The second-order valence-electron chi connectivity index (χ2n) is 5.93. The molecular weight excluding hydrogens is 455 g/mol. The summed E-state index contributed by atoms with van der Waals surface area (Å²) in [5.41, 5.74) is 3.31. The summed E-state index contributed by atoms with van der Waals surface area (Å²) in [6.45, 7) is 3.85. The van der Waals surface area contributed by atoms with Crippen molar-refractivity contribution in [2.75, 3.05) is 7.11 Å². The maximum Gasteiger partial charge on any atom is 0.136 e. The summed E-state index contributed by atoms with van der Waals surface area (Å²) in [5, 5.41) is 15.5. The van der Waals surface area contributed by atoms with Crippen molar-refractivity contribution in [3.63, 3.8) is 0 Å². The lowest BCUT2D eigenvalue weighted by molar-refractivity contribution is 0.298. The van der Waals surface area contributed by atoms with E-state index in [1.807, 2.05) is 6.07 Å². The van der Waals surface area contributed by atoms with Crippen LogP contribution in [0.4, 0.5) is 0 Å². The van der Waals surface area contributed by atoms with E-state index in [9.17, 15) is 5.11 Å². The van der Waals surface area contributed by atoms with Gasteiger partial charge in [-0.05, 0) is 40.2 Å². The standard InChI is InChI=1S/C19H13BrCl2N2O3/c1-9(25)18-14-8-27-16-7-17(26-2)15(20)6-13(16)19(14)24(23-18)12-4-10(21)3-11(22)5-12/h3-7,25H,1,8H2,2H3. The van der Waals surface area contributed by atoms with E-state index in [1.54, 1.807) is 36.1 Å². The van der Waals surface area contributed by atoms with Crippen LogP contribution in [-0.4, -0.2) is 22.0 Å². The highest BCUT2D eigenvalue weighted by molar-refractivity contribution is 9.10. The Labute approximate surface area is 173 Å². The Balaban J connectivity index is 2.03. The number of ether oxygens (including phenoxy) is 2. The van der Waals surface area contributed by atoms with Gasteiger partial charge in [0.05, 0.1) is 23.0 Å². The van der Waals surface area contributed by atoms with E-state index in [1.165, 1.54) is 0 Å². The van der Waals surface area contributed by atoms with Gasteiger partial charge in [-0.1, -0.05) is 29.8 Å². The van der Waals surface area contributed by atoms with Gasteiger partial charge in [-0.25, -0.2) is 4.68 Å². The minimum Gasteiger partial charge on any atom is -0.506 e. The van der Waals surface area contributed by atoms with Crippen molar-refractivity contribution in [1.82, 2.24) is 9.78 Å². The summed E-state index contributed by atoms with van der Waals surface area (Å²) < 4.78 is 13.7. The average molecular weight is 468 g/mol. The Hall–Kier alpha value is -2.15. The zero-order valence-electron chi connectivity index (χ0n) is 14.1. The number of halogens is 3. The van der Waals surface area contributed by atoms with Crippen LogP contribution in [0, 0.1) is 0 Å². The Morgan fingerprint density at radius 2 is 1.96 bits per heavy atom. The van der Waals surface area contributed by atoms with Gasteiger partial charge in [0, 0.05) is 27.2 Å². The lowest BCUT2D eigenvalue weighted by Gasteiger charge is -2.21. The first-order valence-electron chi connectivity index (χ1n) is 7.86. The number of hydrogen-bond acceptors (Lipinski definition) is 4. The summed E-state index contributed by atoms with van der Waals surface area (Å²) in [6.07, 6.45) is 0. The van der Waals surface area contributed by atoms with E-state index >= 15 is 0 Å². The zero-order chi connectivity index (χ0) is 19.3. The van der Waals surface area contributed by atoms with Crippen LogP contribution in [0.15, 0.2) is 41.4 Å². The number of aliphatic hydroxyl groups excluding tert-OH is 1. The monoisotopic (exact) mass is 466 g/mol. The minimum absolute atomic E-state index is 0.141. The van der Waals surface area contributed by atoms with Crippen LogP contribution in [0.5, 0.6) is 11.5 Å². The number of aromatic nitrogens is 2.